The summed E-state index contributed by atoms with van der Waals surface area (Å²) in [6.45, 7) is 15.9. The Morgan fingerprint density at radius 3 is 1.73 bits per heavy atom. The summed E-state index contributed by atoms with van der Waals surface area (Å²) in [6, 6.07) is 5.88. The summed E-state index contributed by atoms with van der Waals surface area (Å²) in [5.41, 5.74) is 5.92. The van der Waals surface area contributed by atoms with Gasteiger partial charge in [0.05, 0.1) is 25.4 Å². The summed E-state index contributed by atoms with van der Waals surface area (Å²) >= 11 is 11.3. The van der Waals surface area contributed by atoms with E-state index in [1.54, 1.807) is 0 Å². The van der Waals surface area contributed by atoms with E-state index in [9.17, 15) is 19.1 Å². The van der Waals surface area contributed by atoms with Gasteiger partial charge in [-0.05, 0) is 38.1 Å². The minimum absolute atomic E-state index is 0. The van der Waals surface area contributed by atoms with Crippen LogP contribution < -0.4 is 119 Å². The molecule has 2 rings (SSSR count). The van der Waals surface area contributed by atoms with Crippen LogP contribution in [0.25, 0.3) is 9.69 Å². The normalized spacial score (nSPS) is 11.7. The Balaban J connectivity index is -0.000000158. The summed E-state index contributed by atoms with van der Waals surface area (Å²) in [6.07, 6.45) is -2.03. The molecule has 2 aromatic rings. The molecule has 0 radical (unpaired) electrons. The largest absolute Gasteiger partial charge is 1.00 e. The average molecular weight is 670 g/mol. The maximum atomic E-state index is 12.3. The molecule has 0 saturated heterocycles. The third-order valence-corrected chi connectivity index (χ3v) is 4.62. The number of aliphatic carboxylic acids is 2. The first-order chi connectivity index (χ1) is 18.2. The summed E-state index contributed by atoms with van der Waals surface area (Å²) in [7, 11) is 0. The van der Waals surface area contributed by atoms with Crippen molar-refractivity contribution in [2.45, 2.75) is 38.1 Å². The molecule has 0 amide bonds. The number of carboxylic acid groups (broad SMARTS) is 2. The molecule has 2 aromatic carbocycles. The third-order valence-electron chi connectivity index (χ3n) is 4.01. The number of halogens is 3. The van der Waals surface area contributed by atoms with Crippen molar-refractivity contribution in [2.75, 3.05) is 5.32 Å². The van der Waals surface area contributed by atoms with Crippen LogP contribution in [0.3, 0.4) is 0 Å². The molecule has 18 heteroatoms. The maximum Gasteiger partial charge on any atom is 1.00 e. The van der Waals surface area contributed by atoms with Crippen LogP contribution in [0.15, 0.2) is 36.4 Å². The first kappa shape index (κ1) is 47.2. The fraction of sp³-hybridized carbons (Fsp3) is 0.261. The van der Waals surface area contributed by atoms with Crippen LogP contribution in [0.4, 0.5) is 21.5 Å². The number of rotatable bonds is 7. The monoisotopic (exact) mass is 668 g/mol. The van der Waals surface area contributed by atoms with Gasteiger partial charge in [0, 0.05) is 15.7 Å². The van der Waals surface area contributed by atoms with Gasteiger partial charge < -0.3 is 43.0 Å². The number of nitrogens with two attached hydrogens (primary N) is 1. The molecular weight excluding hydrogens is 644 g/mol. The summed E-state index contributed by atoms with van der Waals surface area (Å²) in [4.78, 5) is 38.2. The number of carboxylic acids is 2. The summed E-state index contributed by atoms with van der Waals surface area (Å²) < 4.78 is 12.3. The number of nitrogens with zero attached hydrogens (tertiary/aromatic N) is 2. The van der Waals surface area contributed by atoms with Crippen LogP contribution >= 0.6 is 23.2 Å². The van der Waals surface area contributed by atoms with Gasteiger partial charge in [-0.25, -0.2) is 18.9 Å². The molecule has 214 valence electrons. The predicted molar refractivity (Wildman–Crippen MR) is 138 cm³/mol. The number of hydrogen-bond acceptors (Lipinski definition) is 9. The zero-order chi connectivity index (χ0) is 30.7. The number of aliphatic hydroxyl groups excluding tert-OH is 2. The number of anilines is 1. The van der Waals surface area contributed by atoms with Crippen LogP contribution in [0.1, 0.15) is 15.3 Å². The molecule has 0 saturated carbocycles. The standard InChI is InChI=1S/C11H11ClN2O3.C7H3ClFN.C4H9NO3.CH2O3.2K.H/c1-6(15)10(11(16)17)14-7-3-4-9(13-2)8(12)5-7;1-10-7-3-2-5(9)4-6(7)8;1-2(6)3(5)4(7)8;2-1-4-3;;;/h3-6,10,14-15H,1H3,(H,16,17);2-4H;2-3,6H,5H2,1H3,(H,7,8);1,3H;;;/q;;;;2*+1;-1/p-1/t6-,10+;;2-,3+;;;;/m0.0..../s1. The molecule has 0 spiro atoms. The Hall–Kier alpha value is -0.747. The summed E-state index contributed by atoms with van der Waals surface area (Å²) in [5, 5.41) is 46.2. The van der Waals surface area contributed by atoms with Crippen LogP contribution in [0, 0.1) is 19.0 Å². The summed E-state index contributed by atoms with van der Waals surface area (Å²) in [5.74, 6) is -2.76. The molecule has 0 aliphatic rings. The molecule has 13 nitrogen and oxygen atoms in total. The van der Waals surface area contributed by atoms with Crippen molar-refractivity contribution in [3.8, 4) is 0 Å². The van der Waals surface area contributed by atoms with E-state index in [0.717, 1.165) is 6.07 Å². The minimum atomic E-state index is -1.18. The van der Waals surface area contributed by atoms with Crippen LogP contribution in [0.5, 0.6) is 0 Å². The molecule has 0 fully saturated rings. The Kier molecular flexibility index (Phi) is 30.9. The molecule has 0 unspecified atom stereocenters. The topological polar surface area (TPSA) is 211 Å². The van der Waals surface area contributed by atoms with Gasteiger partial charge in [0.15, 0.2) is 6.04 Å². The second kappa shape index (κ2) is 26.8. The van der Waals surface area contributed by atoms with Crippen molar-refractivity contribution in [1.82, 2.24) is 0 Å². The Morgan fingerprint density at radius 2 is 1.46 bits per heavy atom. The van der Waals surface area contributed by atoms with Gasteiger partial charge in [-0.2, -0.15) is 0 Å². The Bertz CT molecular complexity index is 1190. The zero-order valence-corrected chi connectivity index (χ0v) is 30.0. The van der Waals surface area contributed by atoms with Crippen molar-refractivity contribution in [2.24, 2.45) is 5.73 Å². The van der Waals surface area contributed by atoms with Gasteiger partial charge in [-0.1, -0.05) is 35.3 Å². The van der Waals surface area contributed by atoms with E-state index in [-0.39, 0.29) is 126 Å². The minimum Gasteiger partial charge on any atom is -1.00 e. The molecule has 7 N–H and O–H groups in total. The van der Waals surface area contributed by atoms with Crippen LogP contribution in [-0.4, -0.2) is 63.1 Å². The molecule has 4 atom stereocenters. The van der Waals surface area contributed by atoms with E-state index in [1.807, 2.05) is 0 Å². The maximum absolute atomic E-state index is 12.3. The van der Waals surface area contributed by atoms with Gasteiger partial charge in [-0.15, -0.1) is 0 Å². The molecule has 41 heavy (non-hydrogen) atoms. The van der Waals surface area contributed by atoms with Gasteiger partial charge >= 0.3 is 115 Å². The fourth-order valence-corrected chi connectivity index (χ4v) is 2.47. The quantitative estimate of drug-likeness (QED) is 0.0560. The van der Waals surface area contributed by atoms with Gasteiger partial charge in [0.25, 0.3) is 6.47 Å². The molecule has 0 aromatic heterocycles. The SMILES string of the molecule is C[C@H](O)[C@@H](N)C(=O)O.O=CO[O-].[C-]#[N+]c1ccc(F)cc1Cl.[C-]#[N+]c1ccc(N[C@@H](C(=O)O)[C@H](C)O)cc1Cl.[H-].[K+].[K+]. The van der Waals surface area contributed by atoms with E-state index in [4.69, 9.17) is 67.5 Å². The predicted octanol–water partition coefficient (Wildman–Crippen LogP) is -3.50. The Labute approximate surface area is 331 Å². The molecule has 0 heterocycles. The molecule has 0 aliphatic heterocycles. The van der Waals surface area contributed by atoms with E-state index in [1.165, 1.54) is 44.2 Å². The van der Waals surface area contributed by atoms with E-state index < -0.39 is 42.0 Å². The van der Waals surface area contributed by atoms with Crippen molar-refractivity contribution in [3.63, 3.8) is 0 Å². The number of hydrogen-bond donors (Lipinski definition) is 6. The Morgan fingerprint density at radius 1 is 1.02 bits per heavy atom. The number of benzene rings is 2. The van der Waals surface area contributed by atoms with Gasteiger partial charge in [0.2, 0.25) is 11.4 Å². The smallest absolute Gasteiger partial charge is 1.00 e. The number of nitrogens with one attached hydrogen (secondary N) is 1. The number of carbonyl (C=O) groups is 3. The van der Waals surface area contributed by atoms with Crippen molar-refractivity contribution < 1.29 is 154 Å². The van der Waals surface area contributed by atoms with Crippen molar-refractivity contribution >= 4 is 58.7 Å². The van der Waals surface area contributed by atoms with Crippen LogP contribution in [-0.2, 0) is 19.3 Å². The van der Waals surface area contributed by atoms with Crippen molar-refractivity contribution in [3.05, 3.63) is 75.1 Å². The molecular formula is C23H25Cl2FK2N4O9. The molecule has 0 aliphatic carbocycles. The van der Waals surface area contributed by atoms with E-state index in [2.05, 4.69) is 19.9 Å². The third kappa shape index (κ3) is 21.6. The zero-order valence-electron chi connectivity index (χ0n) is 23.3. The van der Waals surface area contributed by atoms with E-state index >= 15 is 0 Å². The van der Waals surface area contributed by atoms with Gasteiger partial charge in [-0.3, -0.25) is 9.59 Å². The fourth-order valence-electron chi connectivity index (χ4n) is 2.03. The number of carbonyl (C=O) groups excluding carboxylic acids is 1. The number of aliphatic hydroxyl groups is 2. The van der Waals surface area contributed by atoms with Gasteiger partial charge in [0.1, 0.15) is 11.9 Å². The molecule has 0 bridgehead atoms. The van der Waals surface area contributed by atoms with E-state index in [0.29, 0.717) is 11.4 Å². The van der Waals surface area contributed by atoms with Crippen molar-refractivity contribution in [1.29, 1.82) is 0 Å². The first-order valence-corrected chi connectivity index (χ1v) is 11.0. The average Bonchev–Trinajstić information content (AvgIpc) is 2.87. The second-order valence-corrected chi connectivity index (χ2v) is 7.80. The van der Waals surface area contributed by atoms with Crippen LogP contribution in [0.2, 0.25) is 10.0 Å². The second-order valence-electron chi connectivity index (χ2n) is 6.98. The first-order valence-electron chi connectivity index (χ1n) is 10.2.